The molecule has 0 aromatic heterocycles. The predicted molar refractivity (Wildman–Crippen MR) is 101 cm³/mol. The molecule has 0 bridgehead atoms. The number of benzene rings is 1. The third-order valence-corrected chi connectivity index (χ3v) is 4.13. The van der Waals surface area contributed by atoms with Crippen molar-refractivity contribution in [2.45, 2.75) is 39.0 Å². The summed E-state index contributed by atoms with van der Waals surface area (Å²) in [6, 6.07) is 7.76. The van der Waals surface area contributed by atoms with E-state index in [9.17, 15) is 9.59 Å². The molecule has 0 N–H and O–H groups in total. The molecule has 0 spiro atoms. The molecule has 0 unspecified atom stereocenters. The van der Waals surface area contributed by atoms with Crippen LogP contribution in [-0.2, 0) is 14.9 Å². The quantitative estimate of drug-likeness (QED) is 0.678. The number of hydrogen-bond donors (Lipinski definition) is 0. The number of carbonyl (C=O) groups is 2. The fourth-order valence-electron chi connectivity index (χ4n) is 2.52. The number of ether oxygens (including phenoxy) is 1. The molecule has 0 heterocycles. The highest BCUT2D eigenvalue weighted by atomic mass is 16.5. The Morgan fingerprint density at radius 1 is 1.00 bits per heavy atom. The Balaban J connectivity index is 2.83. The molecule has 0 aliphatic carbocycles. The molecule has 1 amide bonds. The predicted octanol–water partition coefficient (Wildman–Crippen LogP) is 2.94. The summed E-state index contributed by atoms with van der Waals surface area (Å²) in [6.45, 7) is 8.33. The minimum absolute atomic E-state index is 0.0388. The van der Waals surface area contributed by atoms with Crippen LogP contribution in [0.25, 0.3) is 0 Å². The first kappa shape index (κ1) is 21.2. The van der Waals surface area contributed by atoms with Crippen molar-refractivity contribution in [3.8, 4) is 0 Å². The van der Waals surface area contributed by atoms with Crippen LogP contribution >= 0.6 is 0 Å². The molecule has 5 heteroatoms. The number of rotatable bonds is 8. The number of carbonyl (C=O) groups excluding carboxylic acids is 2. The van der Waals surface area contributed by atoms with Crippen molar-refractivity contribution >= 4 is 11.9 Å². The molecule has 25 heavy (non-hydrogen) atoms. The second kappa shape index (κ2) is 9.56. The molecular formula is C20H32N2O3. The second-order valence-electron chi connectivity index (χ2n) is 7.60. The van der Waals surface area contributed by atoms with E-state index >= 15 is 0 Å². The smallest absolute Gasteiger partial charge is 0.307 e. The van der Waals surface area contributed by atoms with Gasteiger partial charge >= 0.3 is 5.97 Å². The van der Waals surface area contributed by atoms with E-state index in [2.05, 4.69) is 25.7 Å². The Kier molecular flexibility index (Phi) is 8.10. The van der Waals surface area contributed by atoms with Gasteiger partial charge in [0.15, 0.2) is 0 Å². The highest BCUT2D eigenvalue weighted by Gasteiger charge is 2.19. The lowest BCUT2D eigenvalue weighted by molar-refractivity contribution is -0.140. The number of nitrogens with zero attached hydrogens (tertiary/aromatic N) is 2. The van der Waals surface area contributed by atoms with Gasteiger partial charge in [-0.2, -0.15) is 0 Å². The van der Waals surface area contributed by atoms with E-state index in [1.54, 1.807) is 4.90 Å². The second-order valence-corrected chi connectivity index (χ2v) is 7.60. The summed E-state index contributed by atoms with van der Waals surface area (Å²) < 4.78 is 4.70. The summed E-state index contributed by atoms with van der Waals surface area (Å²) >= 11 is 0. The van der Waals surface area contributed by atoms with Gasteiger partial charge in [-0.3, -0.25) is 9.59 Å². The van der Waals surface area contributed by atoms with Crippen molar-refractivity contribution in [1.82, 2.24) is 9.80 Å². The van der Waals surface area contributed by atoms with Crippen LogP contribution < -0.4 is 0 Å². The normalized spacial score (nSPS) is 11.5. The zero-order valence-corrected chi connectivity index (χ0v) is 16.5. The first-order valence-corrected chi connectivity index (χ1v) is 8.76. The summed E-state index contributed by atoms with van der Waals surface area (Å²) in [5.74, 6) is -0.336. The fraction of sp³-hybridized carbons (Fsp3) is 0.600. The number of hydrogen-bond acceptors (Lipinski definition) is 4. The largest absolute Gasteiger partial charge is 0.469 e. The van der Waals surface area contributed by atoms with Crippen LogP contribution in [0.1, 0.15) is 49.5 Å². The topological polar surface area (TPSA) is 49.9 Å². The number of esters is 1. The van der Waals surface area contributed by atoms with Crippen LogP contribution in [0.5, 0.6) is 0 Å². The average Bonchev–Trinajstić information content (AvgIpc) is 2.56. The van der Waals surface area contributed by atoms with E-state index in [1.165, 1.54) is 12.7 Å². The van der Waals surface area contributed by atoms with Crippen molar-refractivity contribution in [2.75, 3.05) is 40.8 Å². The van der Waals surface area contributed by atoms with Crippen LogP contribution in [0, 0.1) is 0 Å². The van der Waals surface area contributed by atoms with E-state index in [4.69, 9.17) is 4.74 Å². The third-order valence-electron chi connectivity index (χ3n) is 4.13. The summed E-state index contributed by atoms with van der Waals surface area (Å²) in [5, 5.41) is 0. The lowest BCUT2D eigenvalue weighted by Crippen LogP contribution is -2.35. The molecular weight excluding hydrogens is 316 g/mol. The molecule has 0 aliphatic rings. The first-order valence-electron chi connectivity index (χ1n) is 8.76. The van der Waals surface area contributed by atoms with Gasteiger partial charge in [0, 0.05) is 18.7 Å². The SMILES string of the molecule is COC(=O)CCN(CCCN(C)C)C(=O)c1ccc(C(C)(C)C)cc1. The van der Waals surface area contributed by atoms with Crippen LogP contribution in [0.4, 0.5) is 0 Å². The Labute approximate surface area is 151 Å². The van der Waals surface area contributed by atoms with E-state index < -0.39 is 0 Å². The molecule has 1 rings (SSSR count). The van der Waals surface area contributed by atoms with Crippen molar-refractivity contribution < 1.29 is 14.3 Å². The van der Waals surface area contributed by atoms with Crippen molar-refractivity contribution in [2.24, 2.45) is 0 Å². The van der Waals surface area contributed by atoms with Crippen LogP contribution in [0.15, 0.2) is 24.3 Å². The van der Waals surface area contributed by atoms with Crippen LogP contribution in [0.3, 0.4) is 0 Å². The van der Waals surface area contributed by atoms with E-state index in [0.29, 0.717) is 18.7 Å². The first-order chi connectivity index (χ1) is 11.6. The van der Waals surface area contributed by atoms with Gasteiger partial charge in [0.1, 0.15) is 0 Å². The van der Waals surface area contributed by atoms with Gasteiger partial charge in [0.25, 0.3) is 5.91 Å². The molecule has 1 aromatic rings. The molecule has 0 radical (unpaired) electrons. The molecule has 0 aliphatic heterocycles. The van der Waals surface area contributed by atoms with Gasteiger partial charge in [-0.15, -0.1) is 0 Å². The van der Waals surface area contributed by atoms with Crippen LogP contribution in [0.2, 0.25) is 0 Å². The van der Waals surface area contributed by atoms with Gasteiger partial charge in [0.05, 0.1) is 13.5 Å². The maximum absolute atomic E-state index is 12.8. The number of amides is 1. The maximum Gasteiger partial charge on any atom is 0.307 e. The number of methoxy groups -OCH3 is 1. The van der Waals surface area contributed by atoms with Gasteiger partial charge < -0.3 is 14.5 Å². The molecule has 140 valence electrons. The Morgan fingerprint density at radius 2 is 1.60 bits per heavy atom. The van der Waals surface area contributed by atoms with Gasteiger partial charge in [-0.25, -0.2) is 0 Å². The monoisotopic (exact) mass is 348 g/mol. The van der Waals surface area contributed by atoms with Crippen molar-refractivity contribution in [3.63, 3.8) is 0 Å². The standard InChI is InChI=1S/C20H32N2O3/c1-20(2,3)17-10-8-16(9-11-17)19(24)22(14-7-13-21(4)5)15-12-18(23)25-6/h8-11H,7,12-15H2,1-6H3. The summed E-state index contributed by atoms with van der Waals surface area (Å²) in [5.41, 5.74) is 1.90. The summed E-state index contributed by atoms with van der Waals surface area (Å²) in [6.07, 6.45) is 1.07. The van der Waals surface area contributed by atoms with E-state index in [1.807, 2.05) is 38.4 Å². The molecule has 0 saturated heterocycles. The molecule has 1 aromatic carbocycles. The zero-order chi connectivity index (χ0) is 19.0. The Bertz CT molecular complexity index is 559. The molecule has 5 nitrogen and oxygen atoms in total. The summed E-state index contributed by atoms with van der Waals surface area (Å²) in [4.78, 5) is 28.1. The van der Waals surface area contributed by atoms with Gasteiger partial charge in [-0.1, -0.05) is 32.9 Å². The van der Waals surface area contributed by atoms with E-state index in [-0.39, 0.29) is 23.7 Å². The molecule has 0 atom stereocenters. The minimum atomic E-state index is -0.298. The maximum atomic E-state index is 12.8. The van der Waals surface area contributed by atoms with Crippen LogP contribution in [-0.4, -0.2) is 62.5 Å². The third kappa shape index (κ3) is 7.26. The Morgan fingerprint density at radius 3 is 2.08 bits per heavy atom. The minimum Gasteiger partial charge on any atom is -0.469 e. The zero-order valence-electron chi connectivity index (χ0n) is 16.5. The average molecular weight is 348 g/mol. The van der Waals surface area contributed by atoms with Crippen molar-refractivity contribution in [1.29, 1.82) is 0 Å². The molecule has 0 saturated carbocycles. The van der Waals surface area contributed by atoms with Crippen molar-refractivity contribution in [3.05, 3.63) is 35.4 Å². The van der Waals surface area contributed by atoms with Gasteiger partial charge in [0.2, 0.25) is 0 Å². The molecule has 0 fully saturated rings. The Hall–Kier alpha value is -1.88. The lowest BCUT2D eigenvalue weighted by atomic mass is 9.86. The highest BCUT2D eigenvalue weighted by Crippen LogP contribution is 2.22. The highest BCUT2D eigenvalue weighted by molar-refractivity contribution is 5.94. The fourth-order valence-corrected chi connectivity index (χ4v) is 2.52. The van der Waals surface area contributed by atoms with E-state index in [0.717, 1.165) is 13.0 Å². The summed E-state index contributed by atoms with van der Waals surface area (Å²) in [7, 11) is 5.38. The van der Waals surface area contributed by atoms with Gasteiger partial charge in [-0.05, 0) is 50.2 Å². The lowest BCUT2D eigenvalue weighted by Gasteiger charge is -2.24.